The van der Waals surface area contributed by atoms with Gasteiger partial charge in [-0.05, 0) is 18.9 Å². The van der Waals surface area contributed by atoms with E-state index in [9.17, 15) is 0 Å². The number of hydrogen-bond donors (Lipinski definition) is 1. The zero-order chi connectivity index (χ0) is 5.82. The molecule has 0 bridgehead atoms. The molecule has 0 saturated heterocycles. The van der Waals surface area contributed by atoms with Crippen LogP contribution in [-0.2, 0) is 0 Å². The molecule has 0 unspecified atom stereocenters. The van der Waals surface area contributed by atoms with Gasteiger partial charge in [-0.25, -0.2) is 0 Å². The summed E-state index contributed by atoms with van der Waals surface area (Å²) in [5, 5.41) is 6.43. The molecule has 0 aliphatic carbocycles. The lowest BCUT2D eigenvalue weighted by Crippen LogP contribution is -1.70. The fraction of sp³-hybridized carbons (Fsp3) is 0.167. The molecule has 0 atom stereocenters. The Morgan fingerprint density at radius 1 is 1.75 bits per heavy atom. The summed E-state index contributed by atoms with van der Waals surface area (Å²) >= 11 is 0. The lowest BCUT2D eigenvalue weighted by molar-refractivity contribution is 1.08. The lowest BCUT2D eigenvalue weighted by atomic mass is 10.4. The van der Waals surface area contributed by atoms with Gasteiger partial charge in [-0.2, -0.15) is 5.10 Å². The normalized spacial score (nSPS) is 7.62. The van der Waals surface area contributed by atoms with E-state index in [-0.39, 0.29) is 0 Å². The average Bonchev–Trinajstić information content (AvgIpc) is 2.19. The van der Waals surface area contributed by atoms with Crippen LogP contribution in [0.5, 0.6) is 0 Å². The summed E-state index contributed by atoms with van der Waals surface area (Å²) in [5.74, 6) is 5.57. The van der Waals surface area contributed by atoms with Gasteiger partial charge in [-0.1, -0.05) is 5.92 Å². The molecule has 1 rings (SSSR count). The largest absolute Gasteiger partial charge is 0.270 e. The fourth-order valence-electron chi connectivity index (χ4n) is 0.460. The molecule has 8 heavy (non-hydrogen) atoms. The van der Waals surface area contributed by atoms with Gasteiger partial charge in [0.25, 0.3) is 0 Å². The average molecular weight is 106 g/mol. The molecule has 2 nitrogen and oxygen atoms in total. The third kappa shape index (κ3) is 0.881. The second-order valence-corrected chi connectivity index (χ2v) is 1.35. The molecular weight excluding hydrogens is 100 g/mol. The van der Waals surface area contributed by atoms with Crippen LogP contribution in [0.4, 0.5) is 0 Å². The standard InChI is InChI=1S/C6H6N2/c1-2-3-6-4-5-7-8-6/h4-5H,1H3,(H,7,8). The SMILES string of the molecule is CC#Cc1ccn[nH]1. The summed E-state index contributed by atoms with van der Waals surface area (Å²) < 4.78 is 0. The topological polar surface area (TPSA) is 28.7 Å². The number of nitrogens with zero attached hydrogens (tertiary/aromatic N) is 1. The van der Waals surface area contributed by atoms with Crippen LogP contribution in [0.25, 0.3) is 0 Å². The van der Waals surface area contributed by atoms with Crippen molar-refractivity contribution in [1.82, 2.24) is 10.2 Å². The predicted octanol–water partition coefficient (Wildman–Crippen LogP) is 0.781. The highest BCUT2D eigenvalue weighted by Crippen LogP contribution is 1.84. The van der Waals surface area contributed by atoms with Crippen LogP contribution in [0.2, 0.25) is 0 Å². The molecule has 0 spiro atoms. The maximum atomic E-state index is 3.71. The first-order valence-corrected chi connectivity index (χ1v) is 2.35. The number of nitrogens with one attached hydrogen (secondary N) is 1. The fourth-order valence-corrected chi connectivity index (χ4v) is 0.460. The Morgan fingerprint density at radius 3 is 3.12 bits per heavy atom. The van der Waals surface area contributed by atoms with Crippen LogP contribution in [0.15, 0.2) is 12.3 Å². The van der Waals surface area contributed by atoms with Crippen LogP contribution in [0, 0.1) is 11.8 Å². The van der Waals surface area contributed by atoms with Crippen molar-refractivity contribution in [3.63, 3.8) is 0 Å². The summed E-state index contributed by atoms with van der Waals surface area (Å²) in [5.41, 5.74) is 0.868. The van der Waals surface area contributed by atoms with Gasteiger partial charge in [-0.15, -0.1) is 0 Å². The Hall–Kier alpha value is -1.23. The van der Waals surface area contributed by atoms with Crippen molar-refractivity contribution in [2.24, 2.45) is 0 Å². The highest BCUT2D eigenvalue weighted by Gasteiger charge is 1.79. The third-order valence-electron chi connectivity index (χ3n) is 0.760. The Kier molecular flexibility index (Phi) is 1.34. The van der Waals surface area contributed by atoms with E-state index in [4.69, 9.17) is 0 Å². The summed E-state index contributed by atoms with van der Waals surface area (Å²) in [6, 6.07) is 1.83. The van der Waals surface area contributed by atoms with E-state index >= 15 is 0 Å². The first-order valence-electron chi connectivity index (χ1n) is 2.35. The summed E-state index contributed by atoms with van der Waals surface area (Å²) in [7, 11) is 0. The molecule has 1 aromatic rings. The molecule has 0 aliphatic heterocycles. The number of H-pyrrole nitrogens is 1. The first-order chi connectivity index (χ1) is 3.93. The highest BCUT2D eigenvalue weighted by molar-refractivity contribution is 5.24. The molecule has 1 heterocycles. The second-order valence-electron chi connectivity index (χ2n) is 1.35. The van der Waals surface area contributed by atoms with Crippen molar-refractivity contribution in [3.8, 4) is 11.8 Å². The predicted molar refractivity (Wildman–Crippen MR) is 31.1 cm³/mol. The monoisotopic (exact) mass is 106 g/mol. The molecule has 0 saturated carbocycles. The van der Waals surface area contributed by atoms with Gasteiger partial charge in [0.15, 0.2) is 0 Å². The van der Waals surface area contributed by atoms with Crippen LogP contribution in [0.1, 0.15) is 12.6 Å². The molecule has 0 aromatic carbocycles. The summed E-state index contributed by atoms with van der Waals surface area (Å²) in [6.07, 6.45) is 1.68. The quantitative estimate of drug-likeness (QED) is 0.486. The summed E-state index contributed by atoms with van der Waals surface area (Å²) in [6.45, 7) is 1.79. The van der Waals surface area contributed by atoms with Crippen LogP contribution < -0.4 is 0 Å². The van der Waals surface area contributed by atoms with Gasteiger partial charge < -0.3 is 0 Å². The molecule has 1 aromatic heterocycles. The van der Waals surface area contributed by atoms with E-state index in [1.807, 2.05) is 6.07 Å². The van der Waals surface area contributed by atoms with E-state index < -0.39 is 0 Å². The van der Waals surface area contributed by atoms with Gasteiger partial charge in [0.05, 0.1) is 0 Å². The molecule has 0 radical (unpaired) electrons. The zero-order valence-corrected chi connectivity index (χ0v) is 4.60. The van der Waals surface area contributed by atoms with Gasteiger partial charge >= 0.3 is 0 Å². The maximum absolute atomic E-state index is 3.71. The van der Waals surface area contributed by atoms with E-state index in [2.05, 4.69) is 22.0 Å². The molecular formula is C6H6N2. The molecule has 2 heteroatoms. The minimum atomic E-state index is 0.868. The Morgan fingerprint density at radius 2 is 2.62 bits per heavy atom. The van der Waals surface area contributed by atoms with Crippen LogP contribution in [0.3, 0.4) is 0 Å². The Balaban J connectivity index is 2.88. The highest BCUT2D eigenvalue weighted by atomic mass is 15.1. The minimum absolute atomic E-state index is 0.868. The Bertz CT molecular complexity index is 200. The molecule has 0 amide bonds. The van der Waals surface area contributed by atoms with Gasteiger partial charge in [0.1, 0.15) is 5.69 Å². The molecule has 40 valence electrons. The van der Waals surface area contributed by atoms with Crippen molar-refractivity contribution in [2.75, 3.05) is 0 Å². The van der Waals surface area contributed by atoms with Crippen LogP contribution in [-0.4, -0.2) is 10.2 Å². The van der Waals surface area contributed by atoms with E-state index in [1.54, 1.807) is 13.1 Å². The number of rotatable bonds is 0. The number of aromatic amines is 1. The van der Waals surface area contributed by atoms with Crippen LogP contribution >= 0.6 is 0 Å². The lowest BCUT2D eigenvalue weighted by Gasteiger charge is -1.70. The van der Waals surface area contributed by atoms with Gasteiger partial charge in [0, 0.05) is 6.20 Å². The zero-order valence-electron chi connectivity index (χ0n) is 4.60. The van der Waals surface area contributed by atoms with Crippen molar-refractivity contribution in [2.45, 2.75) is 6.92 Å². The van der Waals surface area contributed by atoms with Crippen molar-refractivity contribution in [3.05, 3.63) is 18.0 Å². The van der Waals surface area contributed by atoms with E-state index in [0.717, 1.165) is 5.69 Å². The maximum Gasteiger partial charge on any atom is 0.107 e. The summed E-state index contributed by atoms with van der Waals surface area (Å²) in [4.78, 5) is 0. The Labute approximate surface area is 47.9 Å². The van der Waals surface area contributed by atoms with Crippen molar-refractivity contribution >= 4 is 0 Å². The van der Waals surface area contributed by atoms with Gasteiger partial charge in [-0.3, -0.25) is 5.10 Å². The second kappa shape index (κ2) is 2.17. The van der Waals surface area contributed by atoms with E-state index in [0.29, 0.717) is 0 Å². The third-order valence-corrected chi connectivity index (χ3v) is 0.760. The van der Waals surface area contributed by atoms with Crippen molar-refractivity contribution < 1.29 is 0 Å². The molecule has 1 N–H and O–H groups in total. The minimum Gasteiger partial charge on any atom is -0.270 e. The van der Waals surface area contributed by atoms with E-state index in [1.165, 1.54) is 0 Å². The number of aromatic nitrogens is 2. The number of hydrogen-bond acceptors (Lipinski definition) is 1. The van der Waals surface area contributed by atoms with Crippen molar-refractivity contribution in [1.29, 1.82) is 0 Å². The van der Waals surface area contributed by atoms with Gasteiger partial charge in [0.2, 0.25) is 0 Å². The molecule has 0 fully saturated rings. The first kappa shape index (κ1) is 4.92. The molecule has 0 aliphatic rings. The smallest absolute Gasteiger partial charge is 0.107 e.